The molecule has 3 heteroatoms. The van der Waals surface area contributed by atoms with Crippen LogP contribution in [-0.2, 0) is 0 Å². The van der Waals surface area contributed by atoms with Gasteiger partial charge in [0.15, 0.2) is 0 Å². The summed E-state index contributed by atoms with van der Waals surface area (Å²) in [5.74, 6) is 1.12. The summed E-state index contributed by atoms with van der Waals surface area (Å²) in [5.41, 5.74) is 9.41. The summed E-state index contributed by atoms with van der Waals surface area (Å²) >= 11 is 0. The maximum Gasteiger partial charge on any atom is 0.106 e. The largest absolute Gasteiger partial charge is 0.399 e. The first-order chi connectivity index (χ1) is 8.96. The average molecular weight is 257 g/mol. The Morgan fingerprint density at radius 3 is 2.63 bits per heavy atom. The molecule has 2 N–H and O–H groups in total. The van der Waals surface area contributed by atoms with Crippen molar-refractivity contribution in [3.05, 3.63) is 24.0 Å². The van der Waals surface area contributed by atoms with E-state index in [1.807, 2.05) is 12.1 Å². The van der Waals surface area contributed by atoms with E-state index in [1.165, 1.54) is 31.2 Å². The minimum atomic E-state index is 0.505. The normalized spacial score (nSPS) is 19.9. The Hall–Kier alpha value is -1.51. The molecule has 0 aliphatic heterocycles. The molecule has 1 fully saturated rings. The summed E-state index contributed by atoms with van der Waals surface area (Å²) in [6.07, 6.45) is 5.10. The molecule has 0 unspecified atom stereocenters. The molecule has 0 atom stereocenters. The first-order valence-corrected chi connectivity index (χ1v) is 7.20. The first kappa shape index (κ1) is 12.5. The van der Waals surface area contributed by atoms with Crippen molar-refractivity contribution in [2.24, 2.45) is 5.41 Å². The van der Waals surface area contributed by atoms with Gasteiger partial charge in [-0.1, -0.05) is 13.8 Å². The number of aryl methyl sites for hydroxylation is 1. The number of hydrogen-bond donors (Lipinski definition) is 1. The van der Waals surface area contributed by atoms with Crippen LogP contribution >= 0.6 is 0 Å². The third-order valence-corrected chi connectivity index (χ3v) is 4.56. The van der Waals surface area contributed by atoms with Gasteiger partial charge in [-0.3, -0.25) is 0 Å². The van der Waals surface area contributed by atoms with Gasteiger partial charge in [-0.25, -0.2) is 4.98 Å². The number of nitrogen functional groups attached to an aromatic ring is 1. The summed E-state index contributed by atoms with van der Waals surface area (Å²) in [6.45, 7) is 6.86. The number of imidazole rings is 1. The molecule has 3 rings (SSSR count). The summed E-state index contributed by atoms with van der Waals surface area (Å²) in [7, 11) is 0. The molecule has 1 aliphatic rings. The average Bonchev–Trinajstić information content (AvgIpc) is 2.65. The minimum absolute atomic E-state index is 0.505. The van der Waals surface area contributed by atoms with Gasteiger partial charge in [0.25, 0.3) is 0 Å². The number of aromatic nitrogens is 2. The van der Waals surface area contributed by atoms with Gasteiger partial charge >= 0.3 is 0 Å². The quantitative estimate of drug-likeness (QED) is 0.783. The topological polar surface area (TPSA) is 43.8 Å². The van der Waals surface area contributed by atoms with Crippen LogP contribution in [0.5, 0.6) is 0 Å². The number of rotatable bonds is 1. The van der Waals surface area contributed by atoms with E-state index in [-0.39, 0.29) is 0 Å². The zero-order valence-corrected chi connectivity index (χ0v) is 12.1. The Labute approximate surface area is 114 Å². The highest BCUT2D eigenvalue weighted by atomic mass is 15.1. The summed E-state index contributed by atoms with van der Waals surface area (Å²) in [4.78, 5) is 4.67. The van der Waals surface area contributed by atoms with Crippen molar-refractivity contribution in [1.29, 1.82) is 0 Å². The minimum Gasteiger partial charge on any atom is -0.399 e. The maximum absolute atomic E-state index is 5.85. The van der Waals surface area contributed by atoms with E-state index in [4.69, 9.17) is 5.73 Å². The highest BCUT2D eigenvalue weighted by molar-refractivity contribution is 5.79. The molecule has 1 aromatic carbocycles. The molecule has 0 saturated heterocycles. The molecule has 0 amide bonds. The van der Waals surface area contributed by atoms with Gasteiger partial charge in [0, 0.05) is 11.7 Å². The van der Waals surface area contributed by atoms with Crippen LogP contribution in [0.1, 0.15) is 51.4 Å². The van der Waals surface area contributed by atoms with Gasteiger partial charge in [-0.2, -0.15) is 0 Å². The van der Waals surface area contributed by atoms with E-state index in [1.54, 1.807) is 0 Å². The monoisotopic (exact) mass is 257 g/mol. The predicted octanol–water partition coefficient (Wildman–Crippen LogP) is 4.07. The highest BCUT2D eigenvalue weighted by Gasteiger charge is 2.29. The van der Waals surface area contributed by atoms with Gasteiger partial charge in [0.2, 0.25) is 0 Å². The van der Waals surface area contributed by atoms with Gasteiger partial charge in [-0.15, -0.1) is 0 Å². The van der Waals surface area contributed by atoms with Gasteiger partial charge < -0.3 is 10.3 Å². The number of hydrogen-bond acceptors (Lipinski definition) is 2. The van der Waals surface area contributed by atoms with Crippen LogP contribution in [0.3, 0.4) is 0 Å². The van der Waals surface area contributed by atoms with Crippen molar-refractivity contribution in [3.63, 3.8) is 0 Å². The van der Waals surface area contributed by atoms with Crippen LogP contribution in [0.15, 0.2) is 18.2 Å². The van der Waals surface area contributed by atoms with Gasteiger partial charge in [0.1, 0.15) is 5.82 Å². The first-order valence-electron chi connectivity index (χ1n) is 7.20. The number of anilines is 1. The Balaban J connectivity index is 1.99. The maximum atomic E-state index is 5.85. The molecule has 1 heterocycles. The fourth-order valence-electron chi connectivity index (χ4n) is 3.34. The van der Waals surface area contributed by atoms with E-state index in [2.05, 4.69) is 36.4 Å². The van der Waals surface area contributed by atoms with Crippen LogP contribution in [-0.4, -0.2) is 9.55 Å². The zero-order valence-electron chi connectivity index (χ0n) is 12.1. The van der Waals surface area contributed by atoms with Crippen LogP contribution < -0.4 is 5.73 Å². The molecule has 0 bridgehead atoms. The third kappa shape index (κ3) is 2.22. The van der Waals surface area contributed by atoms with Crippen LogP contribution in [0, 0.1) is 12.3 Å². The number of fused-ring (bicyclic) bond motifs is 1. The Morgan fingerprint density at radius 1 is 1.26 bits per heavy atom. The summed E-state index contributed by atoms with van der Waals surface area (Å²) < 4.78 is 2.42. The third-order valence-electron chi connectivity index (χ3n) is 4.56. The molecule has 2 aromatic rings. The molecule has 1 aromatic heterocycles. The highest BCUT2D eigenvalue weighted by Crippen LogP contribution is 2.41. The second kappa shape index (κ2) is 4.26. The molecule has 1 aliphatic carbocycles. The van der Waals surface area contributed by atoms with Crippen molar-refractivity contribution < 1.29 is 0 Å². The smallest absolute Gasteiger partial charge is 0.106 e. The van der Waals surface area contributed by atoms with Crippen molar-refractivity contribution in [2.75, 3.05) is 5.73 Å². The molecule has 19 heavy (non-hydrogen) atoms. The van der Waals surface area contributed by atoms with Crippen LogP contribution in [0.4, 0.5) is 5.69 Å². The van der Waals surface area contributed by atoms with Gasteiger partial charge in [0.05, 0.1) is 11.0 Å². The molecule has 3 nitrogen and oxygen atoms in total. The molecule has 1 saturated carbocycles. The predicted molar refractivity (Wildman–Crippen MR) is 80.2 cm³/mol. The molecular weight excluding hydrogens is 234 g/mol. The lowest BCUT2D eigenvalue weighted by atomic mass is 9.75. The molecule has 102 valence electrons. The van der Waals surface area contributed by atoms with E-state index in [9.17, 15) is 0 Å². The Kier molecular flexibility index (Phi) is 2.80. The second-order valence-corrected chi connectivity index (χ2v) is 6.67. The SMILES string of the molecule is Cc1nc2cc(N)ccc2n1C1CCC(C)(C)CC1. The zero-order chi connectivity index (χ0) is 13.6. The van der Waals surface area contributed by atoms with E-state index < -0.39 is 0 Å². The lowest BCUT2D eigenvalue weighted by Crippen LogP contribution is -2.24. The summed E-state index contributed by atoms with van der Waals surface area (Å²) in [5, 5.41) is 0. The van der Waals surface area contributed by atoms with E-state index in [0.717, 1.165) is 17.0 Å². The van der Waals surface area contributed by atoms with Crippen LogP contribution in [0.25, 0.3) is 11.0 Å². The van der Waals surface area contributed by atoms with E-state index in [0.29, 0.717) is 11.5 Å². The molecule has 0 radical (unpaired) electrons. The lowest BCUT2D eigenvalue weighted by molar-refractivity contribution is 0.194. The molecular formula is C16H23N3. The lowest BCUT2D eigenvalue weighted by Gasteiger charge is -2.35. The molecule has 0 spiro atoms. The Morgan fingerprint density at radius 2 is 1.95 bits per heavy atom. The Bertz CT molecular complexity index is 600. The van der Waals surface area contributed by atoms with Crippen LogP contribution in [0.2, 0.25) is 0 Å². The summed E-state index contributed by atoms with van der Waals surface area (Å²) in [6, 6.07) is 6.67. The fraction of sp³-hybridized carbons (Fsp3) is 0.562. The standard InChI is InChI=1S/C16H23N3/c1-11-18-14-10-12(17)4-5-15(14)19(11)13-6-8-16(2,3)9-7-13/h4-5,10,13H,6-9,17H2,1-3H3. The van der Waals surface area contributed by atoms with Crippen molar-refractivity contribution in [2.45, 2.75) is 52.5 Å². The number of benzene rings is 1. The number of nitrogens with two attached hydrogens (primary N) is 1. The van der Waals surface area contributed by atoms with Crippen molar-refractivity contribution in [3.8, 4) is 0 Å². The number of nitrogens with zero attached hydrogens (tertiary/aromatic N) is 2. The second-order valence-electron chi connectivity index (χ2n) is 6.67. The van der Waals surface area contributed by atoms with Crippen molar-refractivity contribution >= 4 is 16.7 Å². The fourth-order valence-corrected chi connectivity index (χ4v) is 3.34. The van der Waals surface area contributed by atoms with E-state index >= 15 is 0 Å². The van der Waals surface area contributed by atoms with Crippen molar-refractivity contribution in [1.82, 2.24) is 9.55 Å². The van der Waals surface area contributed by atoms with Gasteiger partial charge in [-0.05, 0) is 56.2 Å².